The molecule has 3 aromatic rings. The van der Waals surface area contributed by atoms with Crippen molar-refractivity contribution in [3.05, 3.63) is 42.4 Å². The molecule has 0 saturated heterocycles. The van der Waals surface area contributed by atoms with Gasteiger partial charge in [0.25, 0.3) is 0 Å². The summed E-state index contributed by atoms with van der Waals surface area (Å²) in [6.45, 7) is 2.85. The number of aromatic nitrogens is 4. The van der Waals surface area contributed by atoms with Gasteiger partial charge in [-0.2, -0.15) is 4.98 Å². The predicted molar refractivity (Wildman–Crippen MR) is 87.2 cm³/mol. The van der Waals surface area contributed by atoms with Gasteiger partial charge in [-0.3, -0.25) is 0 Å². The van der Waals surface area contributed by atoms with Crippen molar-refractivity contribution in [2.45, 2.75) is 6.42 Å². The van der Waals surface area contributed by atoms with Crippen LogP contribution in [-0.4, -0.2) is 39.2 Å². The third-order valence-corrected chi connectivity index (χ3v) is 4.10. The molecule has 0 atom stereocenters. The lowest BCUT2D eigenvalue weighted by Crippen LogP contribution is -2.27. The Morgan fingerprint density at radius 3 is 3.09 bits per heavy atom. The van der Waals surface area contributed by atoms with Crippen molar-refractivity contribution in [1.29, 1.82) is 0 Å². The van der Waals surface area contributed by atoms with Gasteiger partial charge >= 0.3 is 0 Å². The van der Waals surface area contributed by atoms with E-state index in [2.05, 4.69) is 49.4 Å². The first-order valence-corrected chi connectivity index (χ1v) is 7.52. The second-order valence-corrected chi connectivity index (χ2v) is 5.55. The van der Waals surface area contributed by atoms with E-state index in [1.165, 1.54) is 11.3 Å². The molecule has 6 nitrogen and oxygen atoms in total. The van der Waals surface area contributed by atoms with Gasteiger partial charge in [0.1, 0.15) is 5.52 Å². The Morgan fingerprint density at radius 2 is 2.14 bits per heavy atom. The maximum Gasteiger partial charge on any atom is 0.224 e. The summed E-state index contributed by atoms with van der Waals surface area (Å²) in [5.74, 6) is 0.656. The van der Waals surface area contributed by atoms with Crippen molar-refractivity contribution in [1.82, 2.24) is 19.5 Å². The SMILES string of the molecule is Cn1cnc2cnc(NCCN3CCc4ccccc43)nc21. The van der Waals surface area contributed by atoms with Crippen LogP contribution in [0.2, 0.25) is 0 Å². The van der Waals surface area contributed by atoms with Gasteiger partial charge in [0, 0.05) is 32.4 Å². The maximum absolute atomic E-state index is 4.50. The fraction of sp³-hybridized carbons (Fsp3) is 0.312. The zero-order valence-corrected chi connectivity index (χ0v) is 12.5. The Bertz CT molecular complexity index is 809. The lowest BCUT2D eigenvalue weighted by atomic mass is 10.2. The molecule has 0 aliphatic carbocycles. The van der Waals surface area contributed by atoms with E-state index in [9.17, 15) is 0 Å². The third-order valence-electron chi connectivity index (χ3n) is 4.10. The largest absolute Gasteiger partial charge is 0.369 e. The predicted octanol–water partition coefficient (Wildman–Crippen LogP) is 1.84. The van der Waals surface area contributed by atoms with Crippen molar-refractivity contribution in [3.63, 3.8) is 0 Å². The molecule has 2 aromatic heterocycles. The Hall–Kier alpha value is -2.63. The van der Waals surface area contributed by atoms with E-state index >= 15 is 0 Å². The molecule has 1 aromatic carbocycles. The van der Waals surface area contributed by atoms with Crippen molar-refractivity contribution in [3.8, 4) is 0 Å². The molecule has 6 heteroatoms. The number of anilines is 2. The van der Waals surface area contributed by atoms with Crippen molar-refractivity contribution in [2.24, 2.45) is 7.05 Å². The fourth-order valence-corrected chi connectivity index (χ4v) is 2.95. The van der Waals surface area contributed by atoms with Crippen LogP contribution in [0, 0.1) is 0 Å². The Morgan fingerprint density at radius 1 is 1.23 bits per heavy atom. The highest BCUT2D eigenvalue weighted by molar-refractivity contribution is 5.70. The summed E-state index contributed by atoms with van der Waals surface area (Å²) < 4.78 is 1.90. The number of nitrogens with one attached hydrogen (secondary N) is 1. The van der Waals surface area contributed by atoms with E-state index in [0.717, 1.165) is 37.2 Å². The quantitative estimate of drug-likeness (QED) is 0.795. The zero-order valence-electron chi connectivity index (χ0n) is 12.5. The number of fused-ring (bicyclic) bond motifs is 2. The maximum atomic E-state index is 4.50. The standard InChI is InChI=1S/C16H18N6/c1-21-11-19-13-10-18-16(20-15(13)21)17-7-9-22-8-6-12-4-2-3-5-14(12)22/h2-5,10-11H,6-9H2,1H3,(H,17,18,20). The number of rotatable bonds is 4. The lowest BCUT2D eigenvalue weighted by molar-refractivity contribution is 0.833. The first-order valence-electron chi connectivity index (χ1n) is 7.52. The first-order chi connectivity index (χ1) is 10.8. The number of aryl methyl sites for hydroxylation is 1. The number of para-hydroxylation sites is 1. The summed E-state index contributed by atoms with van der Waals surface area (Å²) in [4.78, 5) is 15.5. The molecule has 3 heterocycles. The van der Waals surface area contributed by atoms with Crippen LogP contribution in [0.3, 0.4) is 0 Å². The average molecular weight is 294 g/mol. The van der Waals surface area contributed by atoms with Gasteiger partial charge in [-0.15, -0.1) is 0 Å². The molecule has 0 amide bonds. The minimum absolute atomic E-state index is 0.656. The summed E-state index contributed by atoms with van der Waals surface area (Å²) in [5.41, 5.74) is 4.47. The van der Waals surface area contributed by atoms with Gasteiger partial charge in [-0.05, 0) is 18.1 Å². The van der Waals surface area contributed by atoms with Crippen molar-refractivity contribution < 1.29 is 0 Å². The van der Waals surface area contributed by atoms with Crippen LogP contribution < -0.4 is 10.2 Å². The molecule has 4 rings (SSSR count). The zero-order chi connectivity index (χ0) is 14.9. The van der Waals surface area contributed by atoms with Gasteiger partial charge in [-0.25, -0.2) is 9.97 Å². The van der Waals surface area contributed by atoms with E-state index in [1.54, 1.807) is 12.5 Å². The Labute approximate surface area is 128 Å². The van der Waals surface area contributed by atoms with Gasteiger partial charge < -0.3 is 14.8 Å². The summed E-state index contributed by atoms with van der Waals surface area (Å²) in [7, 11) is 1.94. The number of hydrogen-bond donors (Lipinski definition) is 1. The third kappa shape index (κ3) is 2.26. The topological polar surface area (TPSA) is 58.9 Å². The van der Waals surface area contributed by atoms with Gasteiger partial charge in [0.05, 0.1) is 12.5 Å². The fourth-order valence-electron chi connectivity index (χ4n) is 2.95. The van der Waals surface area contributed by atoms with Crippen LogP contribution >= 0.6 is 0 Å². The molecule has 0 fully saturated rings. The lowest BCUT2D eigenvalue weighted by Gasteiger charge is -2.19. The van der Waals surface area contributed by atoms with Crippen LogP contribution in [-0.2, 0) is 13.5 Å². The number of imidazole rings is 1. The second-order valence-electron chi connectivity index (χ2n) is 5.55. The Kier molecular flexibility index (Phi) is 3.14. The molecule has 22 heavy (non-hydrogen) atoms. The first kappa shape index (κ1) is 13.1. The smallest absolute Gasteiger partial charge is 0.224 e. The highest BCUT2D eigenvalue weighted by Gasteiger charge is 2.17. The number of hydrogen-bond acceptors (Lipinski definition) is 5. The van der Waals surface area contributed by atoms with Crippen molar-refractivity contribution in [2.75, 3.05) is 29.9 Å². The highest BCUT2D eigenvalue weighted by atomic mass is 15.2. The molecule has 0 spiro atoms. The molecule has 112 valence electrons. The number of nitrogens with zero attached hydrogens (tertiary/aromatic N) is 5. The van der Waals surface area contributed by atoms with Gasteiger partial charge in [0.2, 0.25) is 5.95 Å². The van der Waals surface area contributed by atoms with Crippen molar-refractivity contribution >= 4 is 22.8 Å². The molecule has 0 saturated carbocycles. The Balaban J connectivity index is 1.41. The van der Waals surface area contributed by atoms with E-state index in [1.807, 2.05) is 11.6 Å². The monoisotopic (exact) mass is 294 g/mol. The van der Waals surface area contributed by atoms with Gasteiger partial charge in [0.15, 0.2) is 5.65 Å². The van der Waals surface area contributed by atoms with Crippen LogP contribution in [0.25, 0.3) is 11.2 Å². The second kappa shape index (κ2) is 5.29. The average Bonchev–Trinajstić information content (AvgIpc) is 3.12. The van der Waals surface area contributed by atoms with Crippen LogP contribution in [0.1, 0.15) is 5.56 Å². The van der Waals surface area contributed by atoms with E-state index in [-0.39, 0.29) is 0 Å². The summed E-state index contributed by atoms with van der Waals surface area (Å²) in [5, 5.41) is 3.31. The molecular weight excluding hydrogens is 276 g/mol. The summed E-state index contributed by atoms with van der Waals surface area (Å²) in [6.07, 6.45) is 4.65. The molecule has 1 N–H and O–H groups in total. The minimum Gasteiger partial charge on any atom is -0.369 e. The van der Waals surface area contributed by atoms with E-state index in [4.69, 9.17) is 0 Å². The van der Waals surface area contributed by atoms with Crippen LogP contribution in [0.4, 0.5) is 11.6 Å². The van der Waals surface area contributed by atoms with E-state index < -0.39 is 0 Å². The van der Waals surface area contributed by atoms with Crippen LogP contribution in [0.15, 0.2) is 36.8 Å². The molecule has 0 radical (unpaired) electrons. The van der Waals surface area contributed by atoms with Crippen LogP contribution in [0.5, 0.6) is 0 Å². The summed E-state index contributed by atoms with van der Waals surface area (Å²) in [6, 6.07) is 8.62. The minimum atomic E-state index is 0.656. The molecule has 1 aliphatic heterocycles. The van der Waals surface area contributed by atoms with E-state index in [0.29, 0.717) is 5.95 Å². The molecule has 0 unspecified atom stereocenters. The highest BCUT2D eigenvalue weighted by Crippen LogP contribution is 2.26. The normalized spacial score (nSPS) is 13.6. The molecule has 1 aliphatic rings. The number of benzene rings is 1. The summed E-state index contributed by atoms with van der Waals surface area (Å²) >= 11 is 0. The van der Waals surface area contributed by atoms with Gasteiger partial charge in [-0.1, -0.05) is 18.2 Å². The molecular formula is C16H18N6. The molecule has 0 bridgehead atoms.